The quantitative estimate of drug-likeness (QED) is 0.663. The molecule has 2 aromatic rings. The van der Waals surface area contributed by atoms with E-state index in [4.69, 9.17) is 9.84 Å². The molecule has 150 valence electrons. The molecule has 28 heavy (non-hydrogen) atoms. The summed E-state index contributed by atoms with van der Waals surface area (Å²) in [5.74, 6) is -0.182. The number of carbonyl (C=O) groups is 1. The van der Waals surface area contributed by atoms with Crippen molar-refractivity contribution in [2.45, 2.75) is 51.4 Å². The van der Waals surface area contributed by atoms with Crippen LogP contribution in [0.5, 0.6) is 5.75 Å². The van der Waals surface area contributed by atoms with Gasteiger partial charge in [0.2, 0.25) is 0 Å². The Morgan fingerprint density at radius 2 is 1.79 bits per heavy atom. The molecule has 0 saturated heterocycles. The third-order valence-corrected chi connectivity index (χ3v) is 7.54. The molecule has 0 saturated carbocycles. The fraction of sp³-hybridized carbons (Fsp3) is 0.455. The van der Waals surface area contributed by atoms with Crippen LogP contribution in [0.4, 0.5) is 0 Å². The van der Waals surface area contributed by atoms with Crippen LogP contribution in [-0.2, 0) is 10.8 Å². The molecule has 1 aliphatic rings. The standard InChI is InChI=1S/C22H27NO4Se/c1-21(2)7-8-22(3,4)16-12-18(17(11-15(16)21)27-10-9-24)28-19-6-5-14(13-23-19)20(25)26/h5-6,11-13,24H,7-10H2,1-4H3,(H,25,26). The first kappa shape index (κ1) is 20.8. The van der Waals surface area contributed by atoms with Crippen LogP contribution in [0, 0.1) is 0 Å². The normalized spacial score (nSPS) is 17.0. The second-order valence-corrected chi connectivity index (χ2v) is 10.7. The monoisotopic (exact) mass is 449 g/mol. The number of fused-ring (bicyclic) bond motifs is 1. The number of ether oxygens (including phenoxy) is 1. The van der Waals surface area contributed by atoms with Gasteiger partial charge in [0.05, 0.1) is 0 Å². The number of aliphatic hydroxyl groups excluding tert-OH is 1. The third-order valence-electron chi connectivity index (χ3n) is 5.46. The molecule has 0 atom stereocenters. The van der Waals surface area contributed by atoms with Crippen LogP contribution in [0.3, 0.4) is 0 Å². The molecule has 1 aromatic carbocycles. The molecule has 0 bridgehead atoms. The van der Waals surface area contributed by atoms with Gasteiger partial charge in [0.1, 0.15) is 0 Å². The molecule has 1 aromatic heterocycles. The molecule has 5 nitrogen and oxygen atoms in total. The minimum atomic E-state index is -0.976. The summed E-state index contributed by atoms with van der Waals surface area (Å²) in [5, 5.41) is 18.3. The number of hydrogen-bond acceptors (Lipinski definition) is 4. The maximum atomic E-state index is 11.1. The van der Waals surface area contributed by atoms with Gasteiger partial charge < -0.3 is 0 Å². The summed E-state index contributed by atoms with van der Waals surface area (Å²) >= 11 is -0.130. The summed E-state index contributed by atoms with van der Waals surface area (Å²) < 4.78 is 7.81. The molecular weight excluding hydrogens is 421 g/mol. The Morgan fingerprint density at radius 1 is 1.14 bits per heavy atom. The zero-order valence-corrected chi connectivity index (χ0v) is 18.5. The average Bonchev–Trinajstić information content (AvgIpc) is 2.64. The van der Waals surface area contributed by atoms with Gasteiger partial charge in [0.15, 0.2) is 0 Å². The molecule has 0 amide bonds. The summed E-state index contributed by atoms with van der Waals surface area (Å²) in [7, 11) is 0. The van der Waals surface area contributed by atoms with Crippen LogP contribution >= 0.6 is 0 Å². The molecule has 1 aliphatic carbocycles. The van der Waals surface area contributed by atoms with Gasteiger partial charge in [-0.15, -0.1) is 0 Å². The molecule has 3 rings (SSSR count). The molecule has 0 unspecified atom stereocenters. The molecule has 0 radical (unpaired) electrons. The molecule has 6 heteroatoms. The number of rotatable bonds is 6. The summed E-state index contributed by atoms with van der Waals surface area (Å²) in [5.41, 5.74) is 3.01. The summed E-state index contributed by atoms with van der Waals surface area (Å²) in [6.07, 6.45) is 3.65. The Balaban J connectivity index is 2.04. The zero-order valence-electron chi connectivity index (χ0n) is 16.8. The number of aromatic carboxylic acids is 1. The molecule has 0 spiro atoms. The van der Waals surface area contributed by atoms with E-state index in [2.05, 4.69) is 44.8 Å². The average molecular weight is 448 g/mol. The van der Waals surface area contributed by atoms with Crippen molar-refractivity contribution in [3.05, 3.63) is 47.2 Å². The van der Waals surface area contributed by atoms with Gasteiger partial charge in [0.25, 0.3) is 0 Å². The second-order valence-electron chi connectivity index (χ2n) is 8.48. The Labute approximate surface area is 172 Å². The second kappa shape index (κ2) is 7.86. The molecule has 2 N–H and O–H groups in total. The van der Waals surface area contributed by atoms with Crippen molar-refractivity contribution in [1.82, 2.24) is 4.98 Å². The first-order chi connectivity index (χ1) is 13.1. The van der Waals surface area contributed by atoms with Gasteiger partial charge in [-0.3, -0.25) is 0 Å². The number of benzene rings is 1. The van der Waals surface area contributed by atoms with Gasteiger partial charge in [-0.1, -0.05) is 0 Å². The van der Waals surface area contributed by atoms with Crippen LogP contribution in [-0.4, -0.2) is 49.3 Å². The first-order valence-corrected chi connectivity index (χ1v) is 11.2. The summed E-state index contributed by atoms with van der Waals surface area (Å²) in [6, 6.07) is 7.75. The Kier molecular flexibility index (Phi) is 5.85. The minimum absolute atomic E-state index is 0.0377. The van der Waals surface area contributed by atoms with Crippen LogP contribution < -0.4 is 13.8 Å². The number of pyridine rings is 1. The van der Waals surface area contributed by atoms with Gasteiger partial charge in [-0.05, 0) is 0 Å². The van der Waals surface area contributed by atoms with Crippen molar-refractivity contribution < 1.29 is 19.7 Å². The van der Waals surface area contributed by atoms with Crippen LogP contribution in [0.15, 0.2) is 30.5 Å². The van der Waals surface area contributed by atoms with E-state index < -0.39 is 5.97 Å². The molecule has 0 aliphatic heterocycles. The Hall–Kier alpha value is -1.88. The van der Waals surface area contributed by atoms with Crippen LogP contribution in [0.25, 0.3) is 0 Å². The van der Waals surface area contributed by atoms with Crippen molar-refractivity contribution in [3.8, 4) is 5.75 Å². The van der Waals surface area contributed by atoms with Crippen molar-refractivity contribution >= 4 is 30.0 Å². The number of aliphatic hydroxyl groups is 1. The Bertz CT molecular complexity index is 875. The van der Waals surface area contributed by atoms with E-state index in [0.29, 0.717) is 0 Å². The fourth-order valence-corrected chi connectivity index (χ4v) is 5.41. The van der Waals surface area contributed by atoms with E-state index in [9.17, 15) is 9.90 Å². The van der Waals surface area contributed by atoms with Crippen molar-refractivity contribution in [3.63, 3.8) is 0 Å². The van der Waals surface area contributed by atoms with Gasteiger partial charge >= 0.3 is 172 Å². The molecular formula is C22H27NO4Se. The van der Waals surface area contributed by atoms with E-state index in [1.54, 1.807) is 12.1 Å². The van der Waals surface area contributed by atoms with E-state index in [0.717, 1.165) is 27.6 Å². The van der Waals surface area contributed by atoms with Crippen molar-refractivity contribution in [2.24, 2.45) is 0 Å². The van der Waals surface area contributed by atoms with Crippen molar-refractivity contribution in [1.29, 1.82) is 0 Å². The number of carboxylic acids is 1. The maximum absolute atomic E-state index is 11.1. The fourth-order valence-electron chi connectivity index (χ4n) is 3.60. The van der Waals surface area contributed by atoms with Crippen molar-refractivity contribution in [2.75, 3.05) is 13.2 Å². The van der Waals surface area contributed by atoms with Gasteiger partial charge in [0, 0.05) is 0 Å². The zero-order chi connectivity index (χ0) is 20.5. The predicted octanol–water partition coefficient (Wildman–Crippen LogP) is 2.15. The SMILES string of the molecule is CC1(C)CCC(C)(C)c2cc([Se]c3ccc(C(=O)O)cn3)c(OCCO)cc21. The van der Waals surface area contributed by atoms with E-state index in [1.165, 1.54) is 17.3 Å². The van der Waals surface area contributed by atoms with E-state index in [1.807, 2.05) is 0 Å². The van der Waals surface area contributed by atoms with E-state index >= 15 is 0 Å². The van der Waals surface area contributed by atoms with Crippen LogP contribution in [0.2, 0.25) is 0 Å². The predicted molar refractivity (Wildman–Crippen MR) is 111 cm³/mol. The van der Waals surface area contributed by atoms with E-state index in [-0.39, 0.29) is 44.6 Å². The summed E-state index contributed by atoms with van der Waals surface area (Å²) in [4.78, 5) is 15.4. The summed E-state index contributed by atoms with van der Waals surface area (Å²) in [6.45, 7) is 9.32. The number of carboxylic acid groups (broad SMARTS) is 1. The first-order valence-electron chi connectivity index (χ1n) is 9.44. The molecule has 0 fully saturated rings. The number of nitrogens with zero attached hydrogens (tertiary/aromatic N) is 1. The van der Waals surface area contributed by atoms with Gasteiger partial charge in [-0.2, -0.15) is 0 Å². The third kappa shape index (κ3) is 4.24. The molecule has 1 heterocycles. The topological polar surface area (TPSA) is 79.7 Å². The van der Waals surface area contributed by atoms with Crippen LogP contribution in [0.1, 0.15) is 62.0 Å². The van der Waals surface area contributed by atoms with Gasteiger partial charge in [-0.25, -0.2) is 0 Å². The number of hydrogen-bond donors (Lipinski definition) is 2. The Morgan fingerprint density at radius 3 is 2.32 bits per heavy atom. The number of aromatic nitrogens is 1.